The molecule has 0 unspecified atom stereocenters. The number of fused-ring (bicyclic) bond motifs is 1. The number of unbranched alkanes of at least 4 members (excludes halogenated alkanes) is 1. The topological polar surface area (TPSA) is 139 Å². The lowest BCUT2D eigenvalue weighted by atomic mass is 9.95. The van der Waals surface area contributed by atoms with Gasteiger partial charge in [0.25, 0.3) is 6.47 Å². The van der Waals surface area contributed by atoms with Crippen molar-refractivity contribution in [1.29, 1.82) is 0 Å². The van der Waals surface area contributed by atoms with Crippen LogP contribution in [-0.2, 0) is 9.53 Å². The van der Waals surface area contributed by atoms with Gasteiger partial charge in [0.15, 0.2) is 0 Å². The molecule has 4 N–H and O–H groups in total. The van der Waals surface area contributed by atoms with Gasteiger partial charge in [-0.15, -0.1) is 0 Å². The highest BCUT2D eigenvalue weighted by Gasteiger charge is 2.26. The third kappa shape index (κ3) is 5.94. The molecule has 0 amide bonds. The van der Waals surface area contributed by atoms with Crippen molar-refractivity contribution in [2.45, 2.75) is 57.6 Å². The van der Waals surface area contributed by atoms with Gasteiger partial charge in [-0.1, -0.05) is 19.8 Å². The number of aromatic nitrogens is 4. The summed E-state index contributed by atoms with van der Waals surface area (Å²) in [6, 6.07) is 5.84. The Hall–Kier alpha value is -3.53. The number of ether oxygens (including phenoxy) is 1. The second-order valence-electron chi connectivity index (χ2n) is 9.34. The van der Waals surface area contributed by atoms with Crippen LogP contribution in [0.5, 0.6) is 0 Å². The highest BCUT2D eigenvalue weighted by atomic mass is 16.5. The summed E-state index contributed by atoms with van der Waals surface area (Å²) < 4.78 is 5.09. The Balaban J connectivity index is 1.59. The van der Waals surface area contributed by atoms with Crippen molar-refractivity contribution in [3.63, 3.8) is 0 Å². The Morgan fingerprint density at radius 2 is 2.06 bits per heavy atom. The molecular formula is C25H33N7O3. The minimum atomic E-state index is -0.506. The molecule has 1 saturated heterocycles. The SMILES string of the molecule is CCCC[C@](C)(COC=O)Nc1nc(N)nc2cc(-c3ccc(N4CCC(O)CC4)nc3)ncc12. The number of nitrogens with two attached hydrogens (primary N) is 1. The lowest BCUT2D eigenvalue weighted by molar-refractivity contribution is -0.130. The minimum Gasteiger partial charge on any atom is -0.465 e. The fourth-order valence-corrected chi connectivity index (χ4v) is 4.36. The fourth-order valence-electron chi connectivity index (χ4n) is 4.36. The first-order chi connectivity index (χ1) is 16.9. The normalized spacial score (nSPS) is 16.1. The molecule has 4 heterocycles. The third-order valence-electron chi connectivity index (χ3n) is 6.40. The van der Waals surface area contributed by atoms with Crippen LogP contribution in [0.3, 0.4) is 0 Å². The number of anilines is 3. The monoisotopic (exact) mass is 479 g/mol. The van der Waals surface area contributed by atoms with Gasteiger partial charge in [-0.05, 0) is 44.4 Å². The molecule has 3 aromatic heterocycles. The zero-order valence-electron chi connectivity index (χ0n) is 20.3. The first kappa shape index (κ1) is 24.6. The lowest BCUT2D eigenvalue weighted by Gasteiger charge is -2.30. The zero-order valence-corrected chi connectivity index (χ0v) is 20.3. The molecule has 1 aliphatic rings. The van der Waals surface area contributed by atoms with E-state index in [0.717, 1.165) is 67.7 Å². The molecule has 1 atom stereocenters. The molecule has 0 aromatic carbocycles. The third-order valence-corrected chi connectivity index (χ3v) is 6.40. The van der Waals surface area contributed by atoms with Crippen molar-refractivity contribution >= 4 is 35.0 Å². The van der Waals surface area contributed by atoms with Gasteiger partial charge in [0.2, 0.25) is 5.95 Å². The molecule has 0 spiro atoms. The average molecular weight is 480 g/mol. The van der Waals surface area contributed by atoms with Gasteiger partial charge >= 0.3 is 0 Å². The molecule has 4 rings (SSSR count). The Labute approximate surface area is 205 Å². The van der Waals surface area contributed by atoms with E-state index in [1.165, 1.54) is 0 Å². The molecule has 1 aliphatic heterocycles. The van der Waals surface area contributed by atoms with Crippen molar-refractivity contribution in [3.05, 3.63) is 30.6 Å². The molecule has 3 aromatic rings. The van der Waals surface area contributed by atoms with Crippen LogP contribution < -0.4 is 16.0 Å². The number of pyridine rings is 2. The predicted molar refractivity (Wildman–Crippen MR) is 136 cm³/mol. The smallest absolute Gasteiger partial charge is 0.293 e. The van der Waals surface area contributed by atoms with E-state index in [0.29, 0.717) is 17.8 Å². The number of nitrogens with one attached hydrogen (secondary N) is 1. The standard InChI is InChI=1S/C25H33N7O3/c1-3-4-9-25(2,15-35-16-33)31-23-19-14-27-20(12-21(19)29-24(26)30-23)17-5-6-22(28-13-17)32-10-7-18(34)8-11-32/h5-6,12-14,16,18,34H,3-4,7-11,15H2,1-2H3,(H3,26,29,30,31)/t25-/m1/s1. The Kier molecular flexibility index (Phi) is 7.60. The van der Waals surface area contributed by atoms with Crippen molar-refractivity contribution < 1.29 is 14.6 Å². The molecule has 0 radical (unpaired) electrons. The first-order valence-electron chi connectivity index (χ1n) is 12.1. The van der Waals surface area contributed by atoms with Crippen LogP contribution in [0.4, 0.5) is 17.6 Å². The second kappa shape index (κ2) is 10.8. The maximum Gasteiger partial charge on any atom is 0.293 e. The van der Waals surface area contributed by atoms with Gasteiger partial charge in [0.05, 0.1) is 28.2 Å². The zero-order chi connectivity index (χ0) is 24.8. The predicted octanol–water partition coefficient (Wildman–Crippen LogP) is 3.16. The molecule has 35 heavy (non-hydrogen) atoms. The number of nitrogen functional groups attached to an aromatic ring is 1. The maximum atomic E-state index is 10.8. The molecular weight excluding hydrogens is 446 g/mol. The molecule has 186 valence electrons. The number of hydrogen-bond donors (Lipinski definition) is 3. The summed E-state index contributed by atoms with van der Waals surface area (Å²) in [6.45, 7) is 6.37. The van der Waals surface area contributed by atoms with E-state index in [1.54, 1.807) is 12.4 Å². The molecule has 0 aliphatic carbocycles. The number of aliphatic hydroxyl groups is 1. The Bertz CT molecular complexity index is 1150. The van der Waals surface area contributed by atoms with E-state index in [9.17, 15) is 9.90 Å². The van der Waals surface area contributed by atoms with E-state index >= 15 is 0 Å². The van der Waals surface area contributed by atoms with E-state index in [4.69, 9.17) is 10.5 Å². The number of hydrogen-bond acceptors (Lipinski definition) is 10. The van der Waals surface area contributed by atoms with Gasteiger partial charge < -0.3 is 25.8 Å². The number of carbonyl (C=O) groups is 1. The highest BCUT2D eigenvalue weighted by molar-refractivity contribution is 5.91. The number of piperidine rings is 1. The van der Waals surface area contributed by atoms with E-state index in [-0.39, 0.29) is 18.7 Å². The van der Waals surface area contributed by atoms with Crippen molar-refractivity contribution in [1.82, 2.24) is 19.9 Å². The summed E-state index contributed by atoms with van der Waals surface area (Å²) in [4.78, 5) is 31.1. The van der Waals surface area contributed by atoms with Gasteiger partial charge in [-0.25, -0.2) is 9.97 Å². The summed E-state index contributed by atoms with van der Waals surface area (Å²) in [6.07, 6.45) is 7.60. The summed E-state index contributed by atoms with van der Waals surface area (Å²) in [5, 5.41) is 13.9. The van der Waals surface area contributed by atoms with Gasteiger partial charge in [0, 0.05) is 31.0 Å². The summed E-state index contributed by atoms with van der Waals surface area (Å²) in [7, 11) is 0. The molecule has 0 bridgehead atoms. The molecule has 1 fully saturated rings. The average Bonchev–Trinajstić information content (AvgIpc) is 2.86. The summed E-state index contributed by atoms with van der Waals surface area (Å²) in [5.74, 6) is 1.59. The number of nitrogens with zero attached hydrogens (tertiary/aromatic N) is 5. The van der Waals surface area contributed by atoms with Crippen molar-refractivity contribution in [3.8, 4) is 11.3 Å². The van der Waals surface area contributed by atoms with Crippen LogP contribution in [0, 0.1) is 0 Å². The van der Waals surface area contributed by atoms with Gasteiger partial charge in [0.1, 0.15) is 18.2 Å². The van der Waals surface area contributed by atoms with Crippen LogP contribution in [0.15, 0.2) is 30.6 Å². The maximum absolute atomic E-state index is 10.8. The van der Waals surface area contributed by atoms with Crippen LogP contribution in [0.1, 0.15) is 46.0 Å². The molecule has 10 nitrogen and oxygen atoms in total. The van der Waals surface area contributed by atoms with Crippen LogP contribution in [0.25, 0.3) is 22.2 Å². The van der Waals surface area contributed by atoms with E-state index in [1.807, 2.05) is 25.1 Å². The van der Waals surface area contributed by atoms with Gasteiger partial charge in [-0.2, -0.15) is 4.98 Å². The summed E-state index contributed by atoms with van der Waals surface area (Å²) in [5.41, 5.74) is 7.79. The highest BCUT2D eigenvalue weighted by Crippen LogP contribution is 2.29. The van der Waals surface area contributed by atoms with Crippen molar-refractivity contribution in [2.75, 3.05) is 35.6 Å². The quantitative estimate of drug-likeness (QED) is 0.371. The lowest BCUT2D eigenvalue weighted by Crippen LogP contribution is -2.40. The van der Waals surface area contributed by atoms with Crippen molar-refractivity contribution in [2.24, 2.45) is 0 Å². The Morgan fingerprint density at radius 3 is 2.74 bits per heavy atom. The van der Waals surface area contributed by atoms with Crippen LogP contribution >= 0.6 is 0 Å². The first-order valence-corrected chi connectivity index (χ1v) is 12.1. The minimum absolute atomic E-state index is 0.145. The number of aliphatic hydroxyl groups excluding tert-OH is 1. The van der Waals surface area contributed by atoms with E-state index in [2.05, 4.69) is 37.1 Å². The number of carbonyl (C=O) groups excluding carboxylic acids is 1. The van der Waals surface area contributed by atoms with Crippen LogP contribution in [-0.4, -0.2) is 62.9 Å². The van der Waals surface area contributed by atoms with E-state index < -0.39 is 5.54 Å². The Morgan fingerprint density at radius 1 is 1.26 bits per heavy atom. The fraction of sp³-hybridized carbons (Fsp3) is 0.480. The largest absolute Gasteiger partial charge is 0.465 e. The summed E-state index contributed by atoms with van der Waals surface area (Å²) >= 11 is 0. The second-order valence-corrected chi connectivity index (χ2v) is 9.34. The molecule has 0 saturated carbocycles. The van der Waals surface area contributed by atoms with Gasteiger partial charge in [-0.3, -0.25) is 9.78 Å². The van der Waals surface area contributed by atoms with Crippen LogP contribution in [0.2, 0.25) is 0 Å². The molecule has 10 heteroatoms. The number of rotatable bonds is 10.